The minimum absolute atomic E-state index is 0.0450. The summed E-state index contributed by atoms with van der Waals surface area (Å²) in [5.74, 6) is -0.644. The van der Waals surface area contributed by atoms with Crippen molar-refractivity contribution in [2.45, 2.75) is 12.5 Å². The summed E-state index contributed by atoms with van der Waals surface area (Å²) in [5, 5.41) is 0.477. The predicted octanol–water partition coefficient (Wildman–Crippen LogP) is 3.69. The van der Waals surface area contributed by atoms with E-state index < -0.39 is 21.6 Å². The maximum Gasteiger partial charge on any atom is 0.321 e. The van der Waals surface area contributed by atoms with Crippen LogP contribution in [-0.4, -0.2) is 14.1 Å². The molecule has 0 bridgehead atoms. The molecule has 0 saturated heterocycles. The maximum absolute atomic E-state index is 13.8. The molecule has 2 aromatic carbocycles. The van der Waals surface area contributed by atoms with Crippen molar-refractivity contribution in [1.29, 1.82) is 0 Å². The second-order valence-electron chi connectivity index (χ2n) is 5.28. The largest absolute Gasteiger partial charge is 0.321 e. The number of nitrogens with zero attached hydrogens (tertiary/aromatic N) is 1. The predicted molar refractivity (Wildman–Crippen MR) is 88.8 cm³/mol. The fraction of sp³-hybridized carbons (Fsp3) is 0.133. The van der Waals surface area contributed by atoms with Gasteiger partial charge in [0.25, 0.3) is 0 Å². The van der Waals surface area contributed by atoms with E-state index in [0.717, 1.165) is 6.07 Å². The average molecular weight is 373 g/mol. The SMILES string of the molecule is CC1(c2ccc(Cl)cc2)NS(=O)(=O)N=C1c1ccc(Cl)c(F)c1. The number of halogens is 3. The number of hydrogen-bond acceptors (Lipinski definition) is 2. The van der Waals surface area contributed by atoms with Gasteiger partial charge in [0.05, 0.1) is 10.7 Å². The average Bonchev–Trinajstić information content (AvgIpc) is 2.73. The molecule has 120 valence electrons. The third-order valence-corrected chi connectivity index (χ3v) is 5.28. The minimum atomic E-state index is -3.88. The van der Waals surface area contributed by atoms with Gasteiger partial charge in [-0.2, -0.15) is 17.5 Å². The standard InChI is InChI=1S/C15H11Cl2FN2O2S/c1-15(10-3-5-11(16)6-4-10)14(19-23(21,22)20-15)9-2-7-12(17)13(18)8-9/h2-8,20H,1H3. The molecule has 3 rings (SSSR count). The van der Waals surface area contributed by atoms with E-state index in [4.69, 9.17) is 23.2 Å². The molecule has 2 aromatic rings. The number of benzene rings is 2. The summed E-state index contributed by atoms with van der Waals surface area (Å²) >= 11 is 11.6. The fourth-order valence-electron chi connectivity index (χ4n) is 2.50. The van der Waals surface area contributed by atoms with Gasteiger partial charge < -0.3 is 0 Å². The Morgan fingerprint density at radius 1 is 1.13 bits per heavy atom. The molecule has 1 N–H and O–H groups in total. The quantitative estimate of drug-likeness (QED) is 0.873. The molecule has 0 aromatic heterocycles. The van der Waals surface area contributed by atoms with Crippen molar-refractivity contribution in [3.05, 3.63) is 69.5 Å². The Bertz CT molecular complexity index is 914. The molecular weight excluding hydrogens is 362 g/mol. The summed E-state index contributed by atoms with van der Waals surface area (Å²) in [4.78, 5) is 0. The first kappa shape index (κ1) is 16.4. The summed E-state index contributed by atoms with van der Waals surface area (Å²) < 4.78 is 44.0. The molecular formula is C15H11Cl2FN2O2S. The summed E-state index contributed by atoms with van der Waals surface area (Å²) in [6.45, 7) is 1.66. The Labute approximate surface area is 143 Å². The second kappa shape index (κ2) is 5.56. The molecule has 1 atom stereocenters. The van der Waals surface area contributed by atoms with E-state index in [2.05, 4.69) is 9.12 Å². The van der Waals surface area contributed by atoms with Crippen molar-refractivity contribution in [1.82, 2.24) is 4.72 Å². The van der Waals surface area contributed by atoms with E-state index in [-0.39, 0.29) is 10.7 Å². The van der Waals surface area contributed by atoms with E-state index in [1.807, 2.05) is 0 Å². The zero-order valence-electron chi connectivity index (χ0n) is 11.8. The van der Waals surface area contributed by atoms with E-state index in [9.17, 15) is 12.8 Å². The van der Waals surface area contributed by atoms with E-state index in [1.54, 1.807) is 31.2 Å². The topological polar surface area (TPSA) is 58.5 Å². The molecule has 1 aliphatic rings. The molecule has 1 heterocycles. The first-order valence-corrected chi connectivity index (χ1v) is 8.77. The van der Waals surface area contributed by atoms with Crippen LogP contribution in [0.5, 0.6) is 0 Å². The lowest BCUT2D eigenvalue weighted by atomic mass is 9.84. The lowest BCUT2D eigenvalue weighted by molar-refractivity contribution is 0.553. The fourth-order valence-corrected chi connectivity index (χ4v) is 4.05. The lowest BCUT2D eigenvalue weighted by Crippen LogP contribution is -2.43. The van der Waals surface area contributed by atoms with E-state index in [1.165, 1.54) is 12.1 Å². The number of hydrogen-bond donors (Lipinski definition) is 1. The third-order valence-electron chi connectivity index (χ3n) is 3.63. The Balaban J connectivity index is 2.18. The van der Waals surface area contributed by atoms with Crippen molar-refractivity contribution in [2.75, 3.05) is 0 Å². The summed E-state index contributed by atoms with van der Waals surface area (Å²) in [6, 6.07) is 10.7. The van der Waals surface area contributed by atoms with E-state index >= 15 is 0 Å². The number of rotatable bonds is 2. The highest BCUT2D eigenvalue weighted by molar-refractivity contribution is 7.88. The van der Waals surface area contributed by atoms with Crippen molar-refractivity contribution in [3.63, 3.8) is 0 Å². The van der Waals surface area contributed by atoms with Crippen LogP contribution in [0.1, 0.15) is 18.1 Å². The van der Waals surface area contributed by atoms with E-state index in [0.29, 0.717) is 16.1 Å². The van der Waals surface area contributed by atoms with Crippen LogP contribution in [0.3, 0.4) is 0 Å². The molecule has 1 aliphatic heterocycles. The van der Waals surface area contributed by atoms with Gasteiger partial charge in [0.1, 0.15) is 11.4 Å². The second-order valence-corrected chi connectivity index (χ2v) is 7.46. The summed E-state index contributed by atoms with van der Waals surface area (Å²) in [5.41, 5.74) is 0.0225. The molecule has 23 heavy (non-hydrogen) atoms. The van der Waals surface area contributed by atoms with Crippen LogP contribution in [0.15, 0.2) is 46.9 Å². The first-order chi connectivity index (χ1) is 10.7. The third kappa shape index (κ3) is 2.99. The normalized spacial score (nSPS) is 22.9. The Hall–Kier alpha value is -1.47. The van der Waals surface area contributed by atoms with Crippen LogP contribution in [0.4, 0.5) is 4.39 Å². The van der Waals surface area contributed by atoms with Crippen LogP contribution < -0.4 is 4.72 Å². The van der Waals surface area contributed by atoms with Crippen molar-refractivity contribution in [3.8, 4) is 0 Å². The van der Waals surface area contributed by atoms with Gasteiger partial charge in [0.15, 0.2) is 0 Å². The van der Waals surface area contributed by atoms with Gasteiger partial charge in [-0.3, -0.25) is 0 Å². The van der Waals surface area contributed by atoms with Crippen LogP contribution in [0.25, 0.3) is 0 Å². The van der Waals surface area contributed by atoms with Crippen molar-refractivity contribution in [2.24, 2.45) is 4.40 Å². The Morgan fingerprint density at radius 2 is 1.78 bits per heavy atom. The highest BCUT2D eigenvalue weighted by Crippen LogP contribution is 2.33. The van der Waals surface area contributed by atoms with Crippen molar-refractivity contribution >= 4 is 39.1 Å². The van der Waals surface area contributed by atoms with Gasteiger partial charge in [0, 0.05) is 10.6 Å². The van der Waals surface area contributed by atoms with Gasteiger partial charge in [0.2, 0.25) is 0 Å². The van der Waals surface area contributed by atoms with Gasteiger partial charge in [-0.1, -0.05) is 41.4 Å². The molecule has 0 aliphatic carbocycles. The maximum atomic E-state index is 13.8. The van der Waals surface area contributed by atoms with Crippen LogP contribution in [0.2, 0.25) is 10.0 Å². The molecule has 0 amide bonds. The Kier molecular flexibility index (Phi) is 3.96. The highest BCUT2D eigenvalue weighted by atomic mass is 35.5. The zero-order chi connectivity index (χ0) is 16.8. The van der Waals surface area contributed by atoms with Gasteiger partial charge >= 0.3 is 10.2 Å². The lowest BCUT2D eigenvalue weighted by Gasteiger charge is -2.26. The number of nitrogens with one attached hydrogen (secondary N) is 1. The molecule has 0 radical (unpaired) electrons. The van der Waals surface area contributed by atoms with Gasteiger partial charge in [-0.25, -0.2) is 4.39 Å². The molecule has 1 unspecified atom stereocenters. The zero-order valence-corrected chi connectivity index (χ0v) is 14.2. The molecule has 4 nitrogen and oxygen atoms in total. The van der Waals surface area contributed by atoms with Crippen LogP contribution in [-0.2, 0) is 15.7 Å². The minimum Gasteiger partial charge on any atom is -0.205 e. The molecule has 0 saturated carbocycles. The van der Waals surface area contributed by atoms with Gasteiger partial charge in [-0.05, 0) is 36.8 Å². The summed E-state index contributed by atoms with van der Waals surface area (Å²) in [7, 11) is -3.88. The van der Waals surface area contributed by atoms with Crippen LogP contribution in [0, 0.1) is 5.82 Å². The highest BCUT2D eigenvalue weighted by Gasteiger charge is 2.43. The molecule has 0 spiro atoms. The van der Waals surface area contributed by atoms with Gasteiger partial charge in [-0.15, -0.1) is 0 Å². The molecule has 0 fully saturated rings. The Morgan fingerprint density at radius 3 is 2.39 bits per heavy atom. The first-order valence-electron chi connectivity index (χ1n) is 6.57. The molecule has 8 heteroatoms. The van der Waals surface area contributed by atoms with Crippen molar-refractivity contribution < 1.29 is 12.8 Å². The summed E-state index contributed by atoms with van der Waals surface area (Å²) in [6.07, 6.45) is 0. The monoisotopic (exact) mass is 372 g/mol. The van der Waals surface area contributed by atoms with Crippen LogP contribution >= 0.6 is 23.2 Å². The smallest absolute Gasteiger partial charge is 0.205 e.